The van der Waals surface area contributed by atoms with Crippen molar-refractivity contribution in [3.63, 3.8) is 0 Å². The highest BCUT2D eigenvalue weighted by atomic mass is 79.9. The van der Waals surface area contributed by atoms with Gasteiger partial charge in [-0.15, -0.1) is 0 Å². The molecule has 1 aromatic carbocycles. The van der Waals surface area contributed by atoms with Crippen molar-refractivity contribution >= 4 is 27.8 Å². The van der Waals surface area contributed by atoms with Crippen molar-refractivity contribution in [3.05, 3.63) is 28.2 Å². The number of nitrogens with one attached hydrogen (secondary N) is 1. The Balaban J connectivity index is 2.84. The van der Waals surface area contributed by atoms with Crippen LogP contribution in [0.25, 0.3) is 0 Å². The van der Waals surface area contributed by atoms with E-state index >= 15 is 0 Å². The molecule has 0 spiro atoms. The summed E-state index contributed by atoms with van der Waals surface area (Å²) >= 11 is 3.38. The van der Waals surface area contributed by atoms with E-state index in [1.54, 1.807) is 25.3 Å². The second kappa shape index (κ2) is 7.45. The highest BCUT2D eigenvalue weighted by molar-refractivity contribution is 9.10. The van der Waals surface area contributed by atoms with Gasteiger partial charge in [-0.3, -0.25) is 4.79 Å². The zero-order valence-electron chi connectivity index (χ0n) is 12.4. The van der Waals surface area contributed by atoms with Crippen LogP contribution >= 0.6 is 15.9 Å². The summed E-state index contributed by atoms with van der Waals surface area (Å²) in [6, 6.07) is 5.33. The fourth-order valence-corrected chi connectivity index (χ4v) is 2.45. The van der Waals surface area contributed by atoms with E-state index in [0.717, 1.165) is 10.0 Å². The molecule has 2 N–H and O–H groups in total. The molecule has 1 atom stereocenters. The predicted molar refractivity (Wildman–Crippen MR) is 83.5 cm³/mol. The molecule has 21 heavy (non-hydrogen) atoms. The van der Waals surface area contributed by atoms with Gasteiger partial charge < -0.3 is 15.2 Å². The second-order valence-electron chi connectivity index (χ2n) is 5.07. The SMILES string of the molecule is CCCC(C)(NC(=O)Cc1cc(OC)ccc1Br)C(=O)O. The Kier molecular flexibility index (Phi) is 6.20. The highest BCUT2D eigenvalue weighted by Crippen LogP contribution is 2.23. The molecule has 0 aliphatic heterocycles. The van der Waals surface area contributed by atoms with E-state index in [4.69, 9.17) is 4.74 Å². The zero-order chi connectivity index (χ0) is 16.0. The zero-order valence-corrected chi connectivity index (χ0v) is 14.0. The van der Waals surface area contributed by atoms with Gasteiger partial charge in [-0.2, -0.15) is 0 Å². The van der Waals surface area contributed by atoms with E-state index < -0.39 is 11.5 Å². The van der Waals surface area contributed by atoms with Crippen LogP contribution in [-0.2, 0) is 16.0 Å². The normalized spacial score (nSPS) is 13.3. The van der Waals surface area contributed by atoms with E-state index in [2.05, 4.69) is 21.2 Å². The van der Waals surface area contributed by atoms with Crippen molar-refractivity contribution in [2.75, 3.05) is 7.11 Å². The Bertz CT molecular complexity index is 532. The van der Waals surface area contributed by atoms with Crippen molar-refractivity contribution in [2.45, 2.75) is 38.6 Å². The van der Waals surface area contributed by atoms with Gasteiger partial charge in [0.25, 0.3) is 0 Å². The number of carbonyl (C=O) groups excluding carboxylic acids is 1. The molecule has 116 valence electrons. The van der Waals surface area contributed by atoms with Crippen molar-refractivity contribution in [3.8, 4) is 5.75 Å². The molecule has 5 nitrogen and oxygen atoms in total. The maximum absolute atomic E-state index is 12.1. The predicted octanol–water partition coefficient (Wildman–Crippen LogP) is 2.76. The number of carbonyl (C=O) groups is 2. The Morgan fingerprint density at radius 2 is 2.10 bits per heavy atom. The number of amides is 1. The molecule has 6 heteroatoms. The molecule has 0 bridgehead atoms. The minimum absolute atomic E-state index is 0.0877. The summed E-state index contributed by atoms with van der Waals surface area (Å²) in [4.78, 5) is 23.4. The lowest BCUT2D eigenvalue weighted by Crippen LogP contribution is -2.52. The average Bonchev–Trinajstić information content (AvgIpc) is 2.41. The molecule has 0 radical (unpaired) electrons. The van der Waals surface area contributed by atoms with Crippen LogP contribution in [0.15, 0.2) is 22.7 Å². The molecule has 0 heterocycles. The Labute approximate surface area is 132 Å². The first kappa shape index (κ1) is 17.5. The standard InChI is InChI=1S/C15H20BrNO4/c1-4-7-15(2,14(19)20)17-13(18)9-10-8-11(21-3)5-6-12(10)16/h5-6,8H,4,7,9H2,1-3H3,(H,17,18)(H,19,20). The number of halogens is 1. The molecule has 1 amide bonds. The summed E-state index contributed by atoms with van der Waals surface area (Å²) in [5.74, 6) is -0.708. The first-order valence-electron chi connectivity index (χ1n) is 6.69. The number of hydrogen-bond donors (Lipinski definition) is 2. The molecule has 1 unspecified atom stereocenters. The smallest absolute Gasteiger partial charge is 0.329 e. The topological polar surface area (TPSA) is 75.6 Å². The van der Waals surface area contributed by atoms with Crippen LogP contribution in [0.3, 0.4) is 0 Å². The Hall–Kier alpha value is -1.56. The van der Waals surface area contributed by atoms with Crippen LogP contribution in [0.2, 0.25) is 0 Å². The van der Waals surface area contributed by atoms with Gasteiger partial charge in [0.2, 0.25) is 5.91 Å². The molecule has 1 aromatic rings. The quantitative estimate of drug-likeness (QED) is 0.786. The molecular weight excluding hydrogens is 338 g/mol. The van der Waals surface area contributed by atoms with Gasteiger partial charge in [0.05, 0.1) is 13.5 Å². The molecule has 0 saturated carbocycles. The number of hydrogen-bond acceptors (Lipinski definition) is 3. The number of rotatable bonds is 7. The third-order valence-electron chi connectivity index (χ3n) is 3.24. The summed E-state index contributed by atoms with van der Waals surface area (Å²) in [6.45, 7) is 3.41. The lowest BCUT2D eigenvalue weighted by atomic mass is 9.96. The van der Waals surface area contributed by atoms with Crippen LogP contribution in [-0.4, -0.2) is 29.6 Å². The molecule has 0 aliphatic rings. The molecule has 1 rings (SSSR count). The largest absolute Gasteiger partial charge is 0.497 e. The lowest BCUT2D eigenvalue weighted by Gasteiger charge is -2.25. The lowest BCUT2D eigenvalue weighted by molar-refractivity contribution is -0.147. The van der Waals surface area contributed by atoms with Crippen LogP contribution in [0, 0.1) is 0 Å². The van der Waals surface area contributed by atoms with E-state index in [9.17, 15) is 14.7 Å². The highest BCUT2D eigenvalue weighted by Gasteiger charge is 2.33. The van der Waals surface area contributed by atoms with Crippen LogP contribution in [0.4, 0.5) is 0 Å². The van der Waals surface area contributed by atoms with Crippen molar-refractivity contribution in [1.29, 1.82) is 0 Å². The van der Waals surface area contributed by atoms with Gasteiger partial charge in [-0.05, 0) is 37.1 Å². The maximum Gasteiger partial charge on any atom is 0.329 e. The molecule has 0 fully saturated rings. The summed E-state index contributed by atoms with van der Waals surface area (Å²) in [7, 11) is 1.55. The van der Waals surface area contributed by atoms with E-state index in [1.807, 2.05) is 6.92 Å². The van der Waals surface area contributed by atoms with E-state index in [0.29, 0.717) is 18.6 Å². The van der Waals surface area contributed by atoms with E-state index in [-0.39, 0.29) is 12.3 Å². The van der Waals surface area contributed by atoms with Crippen molar-refractivity contribution < 1.29 is 19.4 Å². The van der Waals surface area contributed by atoms with Gasteiger partial charge in [-0.25, -0.2) is 4.79 Å². The van der Waals surface area contributed by atoms with Crippen LogP contribution in [0.1, 0.15) is 32.3 Å². The number of aliphatic carboxylic acids is 1. The number of methoxy groups -OCH3 is 1. The van der Waals surface area contributed by atoms with Gasteiger partial charge in [-0.1, -0.05) is 29.3 Å². The monoisotopic (exact) mass is 357 g/mol. The molecular formula is C15H20BrNO4. The number of carboxylic acids is 1. The second-order valence-corrected chi connectivity index (χ2v) is 5.92. The van der Waals surface area contributed by atoms with Gasteiger partial charge >= 0.3 is 5.97 Å². The van der Waals surface area contributed by atoms with Gasteiger partial charge in [0.1, 0.15) is 11.3 Å². The van der Waals surface area contributed by atoms with Crippen molar-refractivity contribution in [2.24, 2.45) is 0 Å². The summed E-state index contributed by atoms with van der Waals surface area (Å²) in [5.41, 5.74) is -0.493. The van der Waals surface area contributed by atoms with Crippen molar-refractivity contribution in [1.82, 2.24) is 5.32 Å². The molecule has 0 saturated heterocycles. The Morgan fingerprint density at radius 1 is 1.43 bits per heavy atom. The number of carboxylic acid groups (broad SMARTS) is 1. The van der Waals surface area contributed by atoms with Gasteiger partial charge in [0, 0.05) is 4.47 Å². The van der Waals surface area contributed by atoms with Gasteiger partial charge in [0.15, 0.2) is 0 Å². The minimum atomic E-state index is -1.24. The summed E-state index contributed by atoms with van der Waals surface area (Å²) < 4.78 is 5.91. The average molecular weight is 358 g/mol. The first-order valence-corrected chi connectivity index (χ1v) is 7.48. The Morgan fingerprint density at radius 3 is 2.62 bits per heavy atom. The summed E-state index contributed by atoms with van der Waals surface area (Å²) in [6.07, 6.45) is 1.14. The van der Waals surface area contributed by atoms with Crippen LogP contribution < -0.4 is 10.1 Å². The minimum Gasteiger partial charge on any atom is -0.497 e. The third kappa shape index (κ3) is 4.74. The molecule has 0 aromatic heterocycles. The van der Waals surface area contributed by atoms with Crippen LogP contribution in [0.5, 0.6) is 5.75 Å². The maximum atomic E-state index is 12.1. The fraction of sp³-hybridized carbons (Fsp3) is 0.467. The fourth-order valence-electron chi connectivity index (χ4n) is 2.06. The first-order chi connectivity index (χ1) is 9.82. The molecule has 0 aliphatic carbocycles. The third-order valence-corrected chi connectivity index (χ3v) is 4.01. The number of ether oxygens (including phenoxy) is 1. The summed E-state index contributed by atoms with van der Waals surface area (Å²) in [5, 5.41) is 11.9. The number of benzene rings is 1. The van der Waals surface area contributed by atoms with E-state index in [1.165, 1.54) is 6.92 Å².